The molecule has 0 N–H and O–H groups in total. The van der Waals surface area contributed by atoms with Crippen molar-refractivity contribution in [2.75, 3.05) is 6.61 Å². The van der Waals surface area contributed by atoms with Crippen molar-refractivity contribution in [1.29, 1.82) is 0 Å². The lowest BCUT2D eigenvalue weighted by atomic mass is 9.44. The Morgan fingerprint density at radius 3 is 2.48 bits per heavy atom. The molecule has 3 unspecified atom stereocenters. The predicted octanol–water partition coefficient (Wildman–Crippen LogP) is 4.76. The summed E-state index contributed by atoms with van der Waals surface area (Å²) in [6.07, 6.45) is 12.4. The number of ether oxygens (including phenoxy) is 1. The fourth-order valence-corrected chi connectivity index (χ4v) is 8.13. The van der Waals surface area contributed by atoms with Crippen LogP contribution in [0.15, 0.2) is 0 Å². The second-order valence-corrected chi connectivity index (χ2v) is 9.99. The quantitative estimate of drug-likeness (QED) is 0.644. The van der Waals surface area contributed by atoms with Crippen LogP contribution in [-0.4, -0.2) is 18.0 Å². The first kappa shape index (κ1) is 14.9. The van der Waals surface area contributed by atoms with Crippen LogP contribution in [0.2, 0.25) is 0 Å². The normalized spacial score (nSPS) is 58.3. The molecule has 0 bridgehead atoms. The Morgan fingerprint density at radius 2 is 1.74 bits per heavy atom. The molecule has 1 heterocycles. The number of hydrogen-bond acceptors (Lipinski definition) is 2. The monoisotopic (exact) mass is 316 g/mol. The van der Waals surface area contributed by atoms with Crippen molar-refractivity contribution in [2.24, 2.45) is 34.5 Å². The highest BCUT2D eigenvalue weighted by Gasteiger charge is 2.66. The molecule has 1 aliphatic heterocycles. The van der Waals surface area contributed by atoms with Crippen molar-refractivity contribution in [3.8, 4) is 0 Å². The Balaban J connectivity index is 1.46. The van der Waals surface area contributed by atoms with Gasteiger partial charge in [0.05, 0.1) is 12.2 Å². The van der Waals surface area contributed by atoms with Crippen LogP contribution in [0, 0.1) is 34.5 Å². The first-order valence-electron chi connectivity index (χ1n) is 10.1. The maximum Gasteiger partial charge on any atom is 0.133 e. The molecule has 128 valence electrons. The molecule has 0 aromatic carbocycles. The second-order valence-electron chi connectivity index (χ2n) is 9.99. The van der Waals surface area contributed by atoms with Gasteiger partial charge < -0.3 is 4.74 Å². The van der Waals surface area contributed by atoms with Gasteiger partial charge in [-0.3, -0.25) is 4.79 Å². The Bertz CT molecular complexity index is 536. The minimum atomic E-state index is 0.253. The van der Waals surface area contributed by atoms with Gasteiger partial charge in [-0.15, -0.1) is 0 Å². The Morgan fingerprint density at radius 1 is 0.957 bits per heavy atom. The molecule has 0 aromatic heterocycles. The number of rotatable bonds is 0. The van der Waals surface area contributed by atoms with E-state index in [0.29, 0.717) is 22.5 Å². The predicted molar refractivity (Wildman–Crippen MR) is 90.0 cm³/mol. The van der Waals surface area contributed by atoms with Crippen molar-refractivity contribution >= 4 is 5.78 Å². The average molecular weight is 316 g/mol. The lowest BCUT2D eigenvalue weighted by Crippen LogP contribution is -2.60. The van der Waals surface area contributed by atoms with E-state index >= 15 is 0 Å². The van der Waals surface area contributed by atoms with Crippen LogP contribution in [0.5, 0.6) is 0 Å². The van der Waals surface area contributed by atoms with Gasteiger partial charge in [0.15, 0.2) is 0 Å². The van der Waals surface area contributed by atoms with Gasteiger partial charge in [0.25, 0.3) is 0 Å². The maximum atomic E-state index is 12.0. The summed E-state index contributed by atoms with van der Waals surface area (Å²) in [5, 5.41) is 0. The molecule has 0 aromatic rings. The van der Waals surface area contributed by atoms with Crippen molar-refractivity contribution in [2.45, 2.75) is 83.7 Å². The lowest BCUT2D eigenvalue weighted by molar-refractivity contribution is -0.231. The molecule has 23 heavy (non-hydrogen) atoms. The summed E-state index contributed by atoms with van der Waals surface area (Å²) < 4.78 is 6.23. The molecular formula is C21H32O2. The minimum absolute atomic E-state index is 0.253. The molecular weight excluding hydrogens is 284 g/mol. The van der Waals surface area contributed by atoms with Crippen molar-refractivity contribution < 1.29 is 9.53 Å². The van der Waals surface area contributed by atoms with E-state index in [1.54, 1.807) is 0 Å². The van der Waals surface area contributed by atoms with Crippen LogP contribution >= 0.6 is 0 Å². The highest BCUT2D eigenvalue weighted by molar-refractivity contribution is 5.79. The van der Waals surface area contributed by atoms with E-state index in [1.165, 1.54) is 51.4 Å². The number of ketones is 1. The lowest BCUT2D eigenvalue weighted by Gasteiger charge is -2.62. The van der Waals surface area contributed by atoms with Gasteiger partial charge in [-0.2, -0.15) is 0 Å². The first-order valence-corrected chi connectivity index (χ1v) is 10.1. The Labute approximate surface area is 140 Å². The zero-order valence-electron chi connectivity index (χ0n) is 14.9. The summed E-state index contributed by atoms with van der Waals surface area (Å²) in [4.78, 5) is 12.0. The van der Waals surface area contributed by atoms with Gasteiger partial charge >= 0.3 is 0 Å². The van der Waals surface area contributed by atoms with Gasteiger partial charge in [0.2, 0.25) is 0 Å². The highest BCUT2D eigenvalue weighted by Crippen LogP contribution is 2.70. The van der Waals surface area contributed by atoms with Gasteiger partial charge in [-0.1, -0.05) is 13.8 Å². The number of hydrogen-bond donors (Lipinski definition) is 0. The van der Waals surface area contributed by atoms with Crippen LogP contribution in [0.4, 0.5) is 0 Å². The largest absolute Gasteiger partial charge is 0.374 e. The van der Waals surface area contributed by atoms with Crippen molar-refractivity contribution in [3.63, 3.8) is 0 Å². The molecule has 0 radical (unpaired) electrons. The summed E-state index contributed by atoms with van der Waals surface area (Å²) in [5.41, 5.74) is 1.15. The van der Waals surface area contributed by atoms with Crippen LogP contribution in [0.25, 0.3) is 0 Å². The molecule has 4 saturated carbocycles. The Kier molecular flexibility index (Phi) is 3.00. The molecule has 2 nitrogen and oxygen atoms in total. The average Bonchev–Trinajstić information content (AvgIpc) is 2.81. The van der Waals surface area contributed by atoms with Crippen molar-refractivity contribution in [3.05, 3.63) is 0 Å². The van der Waals surface area contributed by atoms with E-state index in [0.717, 1.165) is 37.2 Å². The van der Waals surface area contributed by atoms with Gasteiger partial charge in [-0.05, 0) is 79.4 Å². The van der Waals surface area contributed by atoms with Crippen LogP contribution in [-0.2, 0) is 9.53 Å². The molecule has 0 amide bonds. The smallest absolute Gasteiger partial charge is 0.133 e. The number of Topliss-reactive ketones (excluding diaryl/α,β-unsaturated/α-hetero) is 1. The number of carbonyl (C=O) groups is 1. The molecule has 4 aliphatic carbocycles. The molecule has 7 atom stereocenters. The molecule has 2 heteroatoms. The van der Waals surface area contributed by atoms with E-state index in [4.69, 9.17) is 4.74 Å². The SMILES string of the molecule is C[C@]12CCC3C(CC[C@H]4CC(=O)CC[C@]34C)C1CC[C@@]21CCO1. The Hall–Kier alpha value is -0.370. The van der Waals surface area contributed by atoms with Crippen LogP contribution < -0.4 is 0 Å². The van der Waals surface area contributed by atoms with Crippen LogP contribution in [0.1, 0.15) is 78.1 Å². The number of fused-ring (bicyclic) bond motifs is 6. The second kappa shape index (κ2) is 4.62. The molecule has 5 rings (SSSR count). The minimum Gasteiger partial charge on any atom is -0.374 e. The summed E-state index contributed by atoms with van der Waals surface area (Å²) in [5.74, 6) is 3.89. The zero-order valence-corrected chi connectivity index (χ0v) is 14.9. The van der Waals surface area contributed by atoms with Crippen molar-refractivity contribution in [1.82, 2.24) is 0 Å². The molecule has 5 fully saturated rings. The summed E-state index contributed by atoms with van der Waals surface area (Å²) in [6, 6.07) is 0. The first-order chi connectivity index (χ1) is 11.0. The van der Waals surface area contributed by atoms with E-state index in [9.17, 15) is 4.79 Å². The summed E-state index contributed by atoms with van der Waals surface area (Å²) in [7, 11) is 0. The van der Waals surface area contributed by atoms with Crippen LogP contribution in [0.3, 0.4) is 0 Å². The van der Waals surface area contributed by atoms with Gasteiger partial charge in [-0.25, -0.2) is 0 Å². The van der Waals surface area contributed by atoms with E-state index in [-0.39, 0.29) is 5.60 Å². The molecule has 1 saturated heterocycles. The molecule has 1 spiro atoms. The van der Waals surface area contributed by atoms with E-state index in [1.807, 2.05) is 0 Å². The van der Waals surface area contributed by atoms with Gasteiger partial charge in [0, 0.05) is 19.3 Å². The standard InChI is InChI=1S/C21H32O2/c1-19-8-5-15(22)13-14(19)3-4-16-17(19)6-9-20(2)18(16)7-10-21(20)11-12-23-21/h14,16-18H,3-13H2,1-2H3/t14-,16?,17?,18?,19-,20-,21+/m0/s1. The zero-order chi connectivity index (χ0) is 15.9. The van der Waals surface area contributed by atoms with Gasteiger partial charge in [0.1, 0.15) is 5.78 Å². The fourth-order valence-electron chi connectivity index (χ4n) is 8.13. The fraction of sp³-hybridized carbons (Fsp3) is 0.952. The number of carbonyl (C=O) groups excluding carboxylic acids is 1. The third-order valence-corrected chi connectivity index (χ3v) is 9.66. The third-order valence-electron chi connectivity index (χ3n) is 9.66. The molecule has 5 aliphatic rings. The van der Waals surface area contributed by atoms with E-state index < -0.39 is 0 Å². The van der Waals surface area contributed by atoms with E-state index in [2.05, 4.69) is 13.8 Å². The topological polar surface area (TPSA) is 26.3 Å². The highest BCUT2D eigenvalue weighted by atomic mass is 16.5. The summed E-state index contributed by atoms with van der Waals surface area (Å²) in [6.45, 7) is 6.12. The maximum absolute atomic E-state index is 12.0. The third kappa shape index (κ3) is 1.72. The summed E-state index contributed by atoms with van der Waals surface area (Å²) >= 11 is 0.